The number of aryl methyl sites for hydroxylation is 2. The van der Waals surface area contributed by atoms with Crippen LogP contribution in [0.1, 0.15) is 27.0 Å². The average molecular weight is 294 g/mol. The lowest BCUT2D eigenvalue weighted by atomic mass is 10.1. The van der Waals surface area contributed by atoms with Crippen LogP contribution in [0.25, 0.3) is 0 Å². The molecule has 0 aliphatic rings. The Labute approximate surface area is 120 Å². The number of primary amides is 1. The third-order valence-electron chi connectivity index (χ3n) is 2.91. The molecule has 106 valence electrons. The van der Waals surface area contributed by atoms with Gasteiger partial charge >= 0.3 is 0 Å². The summed E-state index contributed by atoms with van der Waals surface area (Å²) in [5.74, 6) is -0.699. The maximum absolute atomic E-state index is 13.5. The number of nitrogen functional groups attached to an aromatic ring is 1. The van der Waals surface area contributed by atoms with E-state index in [9.17, 15) is 9.18 Å². The molecular weight excluding hydrogens is 279 g/mol. The molecule has 1 amide bonds. The highest BCUT2D eigenvalue weighted by atomic mass is 32.1. The minimum Gasteiger partial charge on any atom is -0.382 e. The van der Waals surface area contributed by atoms with E-state index < -0.39 is 5.91 Å². The van der Waals surface area contributed by atoms with Gasteiger partial charge in [0.15, 0.2) is 5.82 Å². The monoisotopic (exact) mass is 294 g/mol. The van der Waals surface area contributed by atoms with Crippen molar-refractivity contribution < 1.29 is 9.18 Å². The highest BCUT2D eigenvalue weighted by Gasteiger charge is 2.16. The topological polar surface area (TPSA) is 94.0 Å². The molecule has 5 nitrogen and oxygen atoms in total. The van der Waals surface area contributed by atoms with Crippen LogP contribution in [0.4, 0.5) is 15.2 Å². The van der Waals surface area contributed by atoms with Gasteiger partial charge in [-0.3, -0.25) is 4.79 Å². The number of carbonyl (C=O) groups is 1. The lowest BCUT2D eigenvalue weighted by Gasteiger charge is -2.08. The first-order valence-corrected chi connectivity index (χ1v) is 6.72. The molecule has 1 aromatic carbocycles. The van der Waals surface area contributed by atoms with Crippen molar-refractivity contribution in [1.29, 1.82) is 0 Å². The molecule has 0 fully saturated rings. The molecule has 0 saturated heterocycles. The minimum atomic E-state index is -0.620. The number of anilines is 2. The van der Waals surface area contributed by atoms with Crippen molar-refractivity contribution in [3.8, 4) is 0 Å². The molecule has 0 bridgehead atoms. The van der Waals surface area contributed by atoms with Crippen LogP contribution in [0.2, 0.25) is 0 Å². The molecular formula is C13H15FN4OS. The Morgan fingerprint density at radius 3 is 2.55 bits per heavy atom. The molecule has 20 heavy (non-hydrogen) atoms. The lowest BCUT2D eigenvalue weighted by Crippen LogP contribution is -2.14. The fraction of sp³-hybridized carbons (Fsp3) is 0.231. The Morgan fingerprint density at radius 2 is 2.00 bits per heavy atom. The molecule has 0 atom stereocenters. The molecule has 0 aliphatic carbocycles. The number of rotatable bonds is 4. The zero-order chi connectivity index (χ0) is 14.9. The molecule has 0 spiro atoms. The van der Waals surface area contributed by atoms with E-state index in [2.05, 4.69) is 9.69 Å². The van der Waals surface area contributed by atoms with Crippen molar-refractivity contribution in [2.45, 2.75) is 20.4 Å². The quantitative estimate of drug-likeness (QED) is 0.805. The van der Waals surface area contributed by atoms with Gasteiger partial charge in [0, 0.05) is 6.54 Å². The van der Waals surface area contributed by atoms with E-state index in [1.54, 1.807) is 26.0 Å². The Hall–Kier alpha value is -2.15. The number of aromatic nitrogens is 1. The molecule has 0 saturated carbocycles. The number of hydrogen-bond donors (Lipinski definition) is 3. The molecule has 0 radical (unpaired) electrons. The van der Waals surface area contributed by atoms with Gasteiger partial charge in [0.05, 0.1) is 0 Å². The standard InChI is InChI=1S/C13H15FN4OS/c1-6-3-8(4-7(2)10(6)14)5-17-13-9(12(16)19)11(15)18-20-13/h3-4,17H,5H2,1-2H3,(H2,15,18)(H2,16,19). The van der Waals surface area contributed by atoms with Crippen molar-refractivity contribution >= 4 is 28.3 Å². The van der Waals surface area contributed by atoms with Crippen molar-refractivity contribution in [3.63, 3.8) is 0 Å². The number of nitrogens with zero attached hydrogens (tertiary/aromatic N) is 1. The van der Waals surface area contributed by atoms with Crippen LogP contribution < -0.4 is 16.8 Å². The molecule has 1 heterocycles. The van der Waals surface area contributed by atoms with Crippen LogP contribution in [0.3, 0.4) is 0 Å². The summed E-state index contributed by atoms with van der Waals surface area (Å²) in [6.45, 7) is 3.86. The fourth-order valence-electron chi connectivity index (χ4n) is 1.98. The van der Waals surface area contributed by atoms with Crippen LogP contribution in [0.5, 0.6) is 0 Å². The highest BCUT2D eigenvalue weighted by Crippen LogP contribution is 2.27. The zero-order valence-electron chi connectivity index (χ0n) is 11.2. The van der Waals surface area contributed by atoms with Gasteiger partial charge in [-0.1, -0.05) is 12.1 Å². The van der Waals surface area contributed by atoms with E-state index in [1.165, 1.54) is 0 Å². The number of carbonyl (C=O) groups excluding carboxylic acids is 1. The van der Waals surface area contributed by atoms with Crippen LogP contribution in [-0.2, 0) is 6.54 Å². The number of hydrogen-bond acceptors (Lipinski definition) is 5. The largest absolute Gasteiger partial charge is 0.382 e. The van der Waals surface area contributed by atoms with E-state index in [-0.39, 0.29) is 17.2 Å². The van der Waals surface area contributed by atoms with Gasteiger partial charge in [0.2, 0.25) is 0 Å². The first-order valence-electron chi connectivity index (χ1n) is 5.94. The molecule has 2 rings (SSSR count). The van der Waals surface area contributed by atoms with Crippen molar-refractivity contribution in [1.82, 2.24) is 4.37 Å². The summed E-state index contributed by atoms with van der Waals surface area (Å²) in [5.41, 5.74) is 13.1. The summed E-state index contributed by atoms with van der Waals surface area (Å²) in [5, 5.41) is 3.58. The predicted octanol–water partition coefficient (Wildman–Crippen LogP) is 2.19. The smallest absolute Gasteiger partial charge is 0.255 e. The normalized spacial score (nSPS) is 10.6. The van der Waals surface area contributed by atoms with Crippen LogP contribution in [0.15, 0.2) is 12.1 Å². The highest BCUT2D eigenvalue weighted by molar-refractivity contribution is 7.11. The number of amides is 1. The molecule has 2 aromatic rings. The second-order valence-corrected chi connectivity index (χ2v) is 5.31. The van der Waals surface area contributed by atoms with Gasteiger partial charge < -0.3 is 16.8 Å². The van der Waals surface area contributed by atoms with Crippen molar-refractivity contribution in [2.75, 3.05) is 11.1 Å². The van der Waals surface area contributed by atoms with Gasteiger partial charge in [-0.25, -0.2) is 4.39 Å². The van der Waals surface area contributed by atoms with Crippen LogP contribution >= 0.6 is 11.5 Å². The van der Waals surface area contributed by atoms with Gasteiger partial charge in [0.25, 0.3) is 5.91 Å². The summed E-state index contributed by atoms with van der Waals surface area (Å²) in [6, 6.07) is 3.51. The molecule has 0 aliphatic heterocycles. The summed E-state index contributed by atoms with van der Waals surface area (Å²) < 4.78 is 17.4. The van der Waals surface area contributed by atoms with E-state index in [4.69, 9.17) is 11.5 Å². The fourth-order valence-corrected chi connectivity index (χ4v) is 2.70. The second-order valence-electron chi connectivity index (χ2n) is 4.53. The first kappa shape index (κ1) is 14.3. The number of nitrogens with one attached hydrogen (secondary N) is 1. The second kappa shape index (κ2) is 5.46. The van der Waals surface area contributed by atoms with E-state index in [0.29, 0.717) is 22.7 Å². The van der Waals surface area contributed by atoms with Gasteiger partial charge in [0.1, 0.15) is 16.4 Å². The number of halogens is 1. The average Bonchev–Trinajstić information content (AvgIpc) is 2.74. The van der Waals surface area contributed by atoms with Crippen LogP contribution in [-0.4, -0.2) is 10.3 Å². The first-order chi connectivity index (χ1) is 9.40. The maximum Gasteiger partial charge on any atom is 0.255 e. The number of benzene rings is 1. The third kappa shape index (κ3) is 2.72. The zero-order valence-corrected chi connectivity index (χ0v) is 12.0. The Morgan fingerprint density at radius 1 is 1.40 bits per heavy atom. The van der Waals surface area contributed by atoms with E-state index in [1.807, 2.05) is 0 Å². The molecule has 0 unspecified atom stereocenters. The minimum absolute atomic E-state index is 0.122. The van der Waals surface area contributed by atoms with Crippen LogP contribution in [0, 0.1) is 19.7 Å². The summed E-state index contributed by atoms with van der Waals surface area (Å²) in [4.78, 5) is 11.3. The molecule has 7 heteroatoms. The van der Waals surface area contributed by atoms with Gasteiger partial charge in [-0.05, 0) is 42.1 Å². The van der Waals surface area contributed by atoms with Gasteiger partial charge in [-0.2, -0.15) is 4.37 Å². The molecule has 1 aromatic heterocycles. The lowest BCUT2D eigenvalue weighted by molar-refractivity contribution is 0.100. The maximum atomic E-state index is 13.5. The summed E-state index contributed by atoms with van der Waals surface area (Å²) in [6.07, 6.45) is 0. The summed E-state index contributed by atoms with van der Waals surface area (Å²) in [7, 11) is 0. The Bertz CT molecular complexity index is 645. The van der Waals surface area contributed by atoms with Crippen molar-refractivity contribution in [3.05, 3.63) is 40.2 Å². The summed E-state index contributed by atoms with van der Waals surface area (Å²) >= 11 is 1.07. The SMILES string of the molecule is Cc1cc(CNc2snc(N)c2C(N)=O)cc(C)c1F. The van der Waals surface area contributed by atoms with E-state index >= 15 is 0 Å². The van der Waals surface area contributed by atoms with Gasteiger partial charge in [-0.15, -0.1) is 0 Å². The van der Waals surface area contributed by atoms with E-state index in [0.717, 1.165) is 17.1 Å². The number of nitrogens with two attached hydrogens (primary N) is 2. The third-order valence-corrected chi connectivity index (χ3v) is 3.73. The Balaban J connectivity index is 2.19. The Kier molecular flexibility index (Phi) is 3.89. The van der Waals surface area contributed by atoms with Crippen molar-refractivity contribution in [2.24, 2.45) is 5.73 Å². The molecule has 5 N–H and O–H groups in total. The predicted molar refractivity (Wildman–Crippen MR) is 78.2 cm³/mol.